The summed E-state index contributed by atoms with van der Waals surface area (Å²) in [6.45, 7) is 0.105. The number of hydrogen-bond acceptors (Lipinski definition) is 4. The molecule has 0 bridgehead atoms. The highest BCUT2D eigenvalue weighted by Gasteiger charge is 2.86. The first-order chi connectivity index (χ1) is 12.5. The Labute approximate surface area is 151 Å². The van der Waals surface area contributed by atoms with Crippen molar-refractivity contribution in [2.75, 3.05) is 13.2 Å². The number of halogens is 9. The summed E-state index contributed by atoms with van der Waals surface area (Å²) in [4.78, 5) is 24.7. The largest absolute Gasteiger partial charge is 0.464 e. The number of esters is 1. The molecule has 2 aliphatic heterocycles. The summed E-state index contributed by atoms with van der Waals surface area (Å²) in [5.41, 5.74) is -8.41. The molecule has 2 saturated heterocycles. The topological polar surface area (TPSA) is 55.8 Å². The Morgan fingerprint density at radius 2 is 1.57 bits per heavy atom. The molecule has 5 nitrogen and oxygen atoms in total. The van der Waals surface area contributed by atoms with E-state index >= 15 is 0 Å². The van der Waals surface area contributed by atoms with Crippen molar-refractivity contribution in [3.63, 3.8) is 0 Å². The first-order valence-electron chi connectivity index (χ1n) is 7.89. The van der Waals surface area contributed by atoms with Crippen LogP contribution in [0, 0.1) is 0 Å². The molecule has 0 unspecified atom stereocenters. The third kappa shape index (κ3) is 3.18. The summed E-state index contributed by atoms with van der Waals surface area (Å²) in [7, 11) is 0. The molecule has 1 amide bonds. The molecule has 0 aromatic heterocycles. The molecule has 28 heavy (non-hydrogen) atoms. The Morgan fingerprint density at radius 3 is 2.00 bits per heavy atom. The monoisotopic (exact) mass is 431 g/mol. The maximum absolute atomic E-state index is 13.0. The van der Waals surface area contributed by atoms with Crippen LogP contribution in [0.1, 0.15) is 26.2 Å². The van der Waals surface area contributed by atoms with Gasteiger partial charge >= 0.3 is 30.1 Å². The van der Waals surface area contributed by atoms with Gasteiger partial charge in [0.2, 0.25) is 5.91 Å². The van der Waals surface area contributed by atoms with Gasteiger partial charge in [0.15, 0.2) is 0 Å². The van der Waals surface area contributed by atoms with Crippen molar-refractivity contribution < 1.29 is 58.6 Å². The van der Waals surface area contributed by atoms with Crippen LogP contribution in [0.5, 0.6) is 0 Å². The molecule has 0 N–H and O–H groups in total. The minimum Gasteiger partial charge on any atom is -0.464 e. The zero-order valence-corrected chi connectivity index (χ0v) is 14.1. The van der Waals surface area contributed by atoms with Gasteiger partial charge in [-0.25, -0.2) is 4.79 Å². The third-order valence-corrected chi connectivity index (χ3v) is 4.72. The van der Waals surface area contributed by atoms with Crippen LogP contribution in [-0.4, -0.2) is 65.7 Å². The highest BCUT2D eigenvalue weighted by atomic mass is 19.4. The zero-order valence-electron chi connectivity index (χ0n) is 14.1. The van der Waals surface area contributed by atoms with E-state index in [0.29, 0.717) is 4.90 Å². The Balaban J connectivity index is 2.45. The quantitative estimate of drug-likeness (QED) is 0.507. The lowest BCUT2D eigenvalue weighted by Crippen LogP contribution is -2.68. The predicted octanol–water partition coefficient (Wildman–Crippen LogP) is 3.13. The molecular weight excluding hydrogens is 417 g/mol. The number of carbonyl (C=O) groups excluding carboxylic acids is 2. The molecular formula is C14H14F9NO4. The van der Waals surface area contributed by atoms with Gasteiger partial charge in [-0.2, -0.15) is 39.5 Å². The van der Waals surface area contributed by atoms with Gasteiger partial charge in [0.1, 0.15) is 5.54 Å². The number of rotatable bonds is 4. The molecule has 14 heteroatoms. The smallest absolute Gasteiger partial charge is 0.435 e. The average molecular weight is 431 g/mol. The van der Waals surface area contributed by atoms with Crippen LogP contribution < -0.4 is 0 Å². The van der Waals surface area contributed by atoms with E-state index in [1.54, 1.807) is 0 Å². The summed E-state index contributed by atoms with van der Waals surface area (Å²) < 4.78 is 126. The van der Waals surface area contributed by atoms with Gasteiger partial charge in [0.25, 0.3) is 0 Å². The molecule has 2 fully saturated rings. The summed E-state index contributed by atoms with van der Waals surface area (Å²) in [6.07, 6.45) is -24.6. The number of fused-ring (bicyclic) bond motifs is 1. The normalized spacial score (nSPS) is 26.6. The number of amides is 1. The van der Waals surface area contributed by atoms with Gasteiger partial charge in [-0.1, -0.05) is 0 Å². The first-order valence-corrected chi connectivity index (χ1v) is 7.89. The van der Waals surface area contributed by atoms with Crippen molar-refractivity contribution in [1.29, 1.82) is 0 Å². The summed E-state index contributed by atoms with van der Waals surface area (Å²) in [5, 5.41) is 0. The molecule has 2 aliphatic rings. The molecule has 2 rings (SSSR count). The minimum absolute atomic E-state index is 0.217. The molecule has 2 atom stereocenters. The van der Waals surface area contributed by atoms with Crippen LogP contribution in [0.15, 0.2) is 0 Å². The van der Waals surface area contributed by atoms with Crippen LogP contribution in [0.2, 0.25) is 0 Å². The van der Waals surface area contributed by atoms with E-state index in [1.165, 1.54) is 6.92 Å². The van der Waals surface area contributed by atoms with E-state index in [9.17, 15) is 49.1 Å². The van der Waals surface area contributed by atoms with Crippen molar-refractivity contribution >= 4 is 11.9 Å². The van der Waals surface area contributed by atoms with Crippen LogP contribution in [0.3, 0.4) is 0 Å². The van der Waals surface area contributed by atoms with Crippen molar-refractivity contribution in [1.82, 2.24) is 4.90 Å². The molecule has 0 spiro atoms. The van der Waals surface area contributed by atoms with Gasteiger partial charge in [-0.15, -0.1) is 0 Å². The Morgan fingerprint density at radius 1 is 1.07 bits per heavy atom. The van der Waals surface area contributed by atoms with Crippen molar-refractivity contribution in [2.45, 2.75) is 62.0 Å². The fraction of sp³-hybridized carbons (Fsp3) is 0.857. The van der Waals surface area contributed by atoms with Gasteiger partial charge in [0, 0.05) is 19.4 Å². The Bertz CT molecular complexity index is 606. The predicted molar refractivity (Wildman–Crippen MR) is 70.7 cm³/mol. The second-order valence-electron chi connectivity index (χ2n) is 6.37. The van der Waals surface area contributed by atoms with Gasteiger partial charge in [0.05, 0.1) is 12.7 Å². The van der Waals surface area contributed by atoms with E-state index in [-0.39, 0.29) is 19.4 Å². The molecule has 0 radical (unpaired) electrons. The van der Waals surface area contributed by atoms with Crippen molar-refractivity contribution in [3.05, 3.63) is 0 Å². The fourth-order valence-electron chi connectivity index (χ4n) is 3.53. The molecule has 162 valence electrons. The lowest BCUT2D eigenvalue weighted by atomic mass is 9.92. The van der Waals surface area contributed by atoms with Crippen molar-refractivity contribution in [3.8, 4) is 0 Å². The van der Waals surface area contributed by atoms with Gasteiger partial charge in [-0.3, -0.25) is 4.79 Å². The van der Waals surface area contributed by atoms with E-state index < -0.39 is 60.6 Å². The molecule has 0 aliphatic carbocycles. The highest BCUT2D eigenvalue weighted by Crippen LogP contribution is 2.56. The van der Waals surface area contributed by atoms with Gasteiger partial charge in [-0.05, 0) is 13.3 Å². The van der Waals surface area contributed by atoms with E-state index in [2.05, 4.69) is 4.74 Å². The zero-order chi connectivity index (χ0) is 21.8. The van der Waals surface area contributed by atoms with E-state index in [0.717, 1.165) is 0 Å². The Hall–Kier alpha value is -1.73. The standard InChI is InChI=1S/C14H14F9NO4/c1-2-27-9(26)10-4-3-8(25)24(10)6-7(5-10)28-11(12(15,16)17,13(18,19)20)14(21,22)23/h7H,2-6H2,1H3/t7-,10-/m0/s1. The maximum Gasteiger partial charge on any atom is 0.435 e. The van der Waals surface area contributed by atoms with Crippen molar-refractivity contribution in [2.24, 2.45) is 0 Å². The summed E-state index contributed by atoms with van der Waals surface area (Å²) >= 11 is 0. The minimum atomic E-state index is -6.89. The number of alkyl halides is 9. The summed E-state index contributed by atoms with van der Waals surface area (Å²) in [5.74, 6) is -1.93. The highest BCUT2D eigenvalue weighted by molar-refractivity contribution is 5.92. The van der Waals surface area contributed by atoms with Crippen LogP contribution in [-0.2, 0) is 19.1 Å². The van der Waals surface area contributed by atoms with Crippen LogP contribution in [0.25, 0.3) is 0 Å². The maximum atomic E-state index is 13.0. The van der Waals surface area contributed by atoms with E-state index in [1.807, 2.05) is 0 Å². The van der Waals surface area contributed by atoms with Crippen LogP contribution >= 0.6 is 0 Å². The lowest BCUT2D eigenvalue weighted by molar-refractivity contribution is -0.463. The number of carbonyl (C=O) groups is 2. The molecule has 0 saturated carbocycles. The summed E-state index contributed by atoms with van der Waals surface area (Å²) in [6, 6.07) is 0. The molecule has 0 aromatic rings. The number of hydrogen-bond donors (Lipinski definition) is 0. The van der Waals surface area contributed by atoms with Gasteiger partial charge < -0.3 is 14.4 Å². The first kappa shape index (κ1) is 22.6. The number of nitrogens with zero attached hydrogens (tertiary/aromatic N) is 1. The molecule has 0 aromatic carbocycles. The number of ether oxygens (including phenoxy) is 2. The lowest BCUT2D eigenvalue weighted by Gasteiger charge is -2.39. The SMILES string of the molecule is CCOC(=O)[C@@]12CCC(=O)N1C[C@@H](OC(C(F)(F)F)(C(F)(F)F)C(F)(F)F)C2. The third-order valence-electron chi connectivity index (χ3n) is 4.72. The molecule has 2 heterocycles. The second-order valence-corrected chi connectivity index (χ2v) is 6.37. The fourth-order valence-corrected chi connectivity index (χ4v) is 3.53. The second kappa shape index (κ2) is 6.66. The Kier molecular flexibility index (Phi) is 5.37. The average Bonchev–Trinajstić information content (AvgIpc) is 2.99. The van der Waals surface area contributed by atoms with Crippen LogP contribution in [0.4, 0.5) is 39.5 Å². The van der Waals surface area contributed by atoms with E-state index in [4.69, 9.17) is 4.74 Å².